The fraction of sp³-hybridized carbons (Fsp3) is 0.364. The first kappa shape index (κ1) is 28.4. The number of nitrogens with one attached hydrogen (secondary N) is 2. The van der Waals surface area contributed by atoms with Gasteiger partial charge in [-0.1, -0.05) is 85.3 Å². The van der Waals surface area contributed by atoms with Gasteiger partial charge in [-0.3, -0.25) is 14.5 Å². The summed E-state index contributed by atoms with van der Waals surface area (Å²) in [6, 6.07) is 25.1. The lowest BCUT2D eigenvalue weighted by Crippen LogP contribution is -2.53. The average Bonchev–Trinajstić information content (AvgIpc) is 3.26. The maximum absolute atomic E-state index is 13.3. The molecule has 0 aliphatic heterocycles. The number of ether oxygens (including phenoxy) is 1. The quantitative estimate of drug-likeness (QED) is 0.301. The Morgan fingerprint density at radius 1 is 0.927 bits per heavy atom. The van der Waals surface area contributed by atoms with Crippen molar-refractivity contribution in [2.75, 3.05) is 26.7 Å². The zero-order valence-electron chi connectivity index (χ0n) is 23.3. The monoisotopic (exact) mass is 555 g/mol. The molecule has 0 radical (unpaired) electrons. The third-order valence-electron chi connectivity index (χ3n) is 8.27. The lowest BCUT2D eigenvalue weighted by molar-refractivity contribution is -0.145. The SMILES string of the molecule is CN(Cc1ccccc1)CC(NC(=O)OCC1c2ccccc2-c2ccccc21)C(=O)NCC(C(=O)O)C1CCC1. The predicted molar refractivity (Wildman–Crippen MR) is 156 cm³/mol. The van der Waals surface area contributed by atoms with Crippen molar-refractivity contribution in [1.29, 1.82) is 0 Å². The molecule has 1 saturated carbocycles. The second-order valence-electron chi connectivity index (χ2n) is 11.1. The Kier molecular flexibility index (Phi) is 8.99. The van der Waals surface area contributed by atoms with Crippen LogP contribution in [0.2, 0.25) is 0 Å². The number of rotatable bonds is 12. The Morgan fingerprint density at radius 2 is 1.54 bits per heavy atom. The number of fused-ring (bicyclic) bond motifs is 3. The van der Waals surface area contributed by atoms with Gasteiger partial charge in [0.1, 0.15) is 12.6 Å². The molecule has 8 heteroatoms. The molecule has 8 nitrogen and oxygen atoms in total. The minimum absolute atomic E-state index is 0.0318. The van der Waals surface area contributed by atoms with Crippen molar-refractivity contribution in [3.63, 3.8) is 0 Å². The molecule has 2 aliphatic carbocycles. The summed E-state index contributed by atoms with van der Waals surface area (Å²) < 4.78 is 5.71. The topological polar surface area (TPSA) is 108 Å². The van der Waals surface area contributed by atoms with Crippen molar-refractivity contribution in [1.82, 2.24) is 15.5 Å². The number of carbonyl (C=O) groups is 3. The molecule has 0 bridgehead atoms. The number of amides is 2. The maximum Gasteiger partial charge on any atom is 0.407 e. The van der Waals surface area contributed by atoms with E-state index in [1.54, 1.807) is 0 Å². The second-order valence-corrected chi connectivity index (χ2v) is 11.1. The third-order valence-corrected chi connectivity index (χ3v) is 8.27. The second kappa shape index (κ2) is 13.0. The van der Waals surface area contributed by atoms with E-state index in [1.807, 2.05) is 66.5 Å². The summed E-state index contributed by atoms with van der Waals surface area (Å²) in [6.07, 6.45) is 2.04. The summed E-state index contributed by atoms with van der Waals surface area (Å²) in [5, 5.41) is 15.2. The molecule has 3 aromatic carbocycles. The van der Waals surface area contributed by atoms with Gasteiger partial charge in [-0.2, -0.15) is 0 Å². The lowest BCUT2D eigenvalue weighted by Gasteiger charge is -2.31. The Balaban J connectivity index is 1.24. The number of carboxylic acid groups (broad SMARTS) is 1. The fourth-order valence-corrected chi connectivity index (χ4v) is 5.88. The summed E-state index contributed by atoms with van der Waals surface area (Å²) in [5.74, 6) is -1.99. The number of nitrogens with zero attached hydrogens (tertiary/aromatic N) is 1. The molecule has 41 heavy (non-hydrogen) atoms. The number of carboxylic acids is 1. The van der Waals surface area contributed by atoms with Crippen LogP contribution < -0.4 is 10.6 Å². The van der Waals surface area contributed by atoms with Crippen LogP contribution in [0.1, 0.15) is 41.9 Å². The summed E-state index contributed by atoms with van der Waals surface area (Å²) >= 11 is 0. The van der Waals surface area contributed by atoms with Gasteiger partial charge in [0.25, 0.3) is 0 Å². The van der Waals surface area contributed by atoms with Crippen molar-refractivity contribution in [2.45, 2.75) is 37.8 Å². The van der Waals surface area contributed by atoms with E-state index >= 15 is 0 Å². The molecule has 3 N–H and O–H groups in total. The van der Waals surface area contributed by atoms with Gasteiger partial charge in [0.15, 0.2) is 0 Å². The predicted octanol–water partition coefficient (Wildman–Crippen LogP) is 4.64. The highest BCUT2D eigenvalue weighted by molar-refractivity contribution is 5.86. The van der Waals surface area contributed by atoms with E-state index in [-0.39, 0.29) is 31.5 Å². The summed E-state index contributed by atoms with van der Waals surface area (Å²) in [5.41, 5.74) is 5.56. The van der Waals surface area contributed by atoms with E-state index in [4.69, 9.17) is 4.74 Å². The molecule has 2 aliphatic rings. The molecule has 2 atom stereocenters. The van der Waals surface area contributed by atoms with Gasteiger partial charge in [-0.15, -0.1) is 0 Å². The van der Waals surface area contributed by atoms with Crippen LogP contribution in [-0.4, -0.2) is 60.8 Å². The van der Waals surface area contributed by atoms with E-state index in [0.717, 1.165) is 47.1 Å². The number of aliphatic carboxylic acids is 1. The molecular formula is C33H37N3O5. The van der Waals surface area contributed by atoms with Gasteiger partial charge in [0.05, 0.1) is 5.92 Å². The minimum Gasteiger partial charge on any atom is -0.481 e. The summed E-state index contributed by atoms with van der Waals surface area (Å²) in [6.45, 7) is 0.976. The molecule has 3 aromatic rings. The average molecular weight is 556 g/mol. The summed E-state index contributed by atoms with van der Waals surface area (Å²) in [4.78, 5) is 40.1. The van der Waals surface area contributed by atoms with Crippen molar-refractivity contribution < 1.29 is 24.2 Å². The highest BCUT2D eigenvalue weighted by Crippen LogP contribution is 2.44. The van der Waals surface area contributed by atoms with Crippen LogP contribution in [-0.2, 0) is 20.9 Å². The van der Waals surface area contributed by atoms with Crippen molar-refractivity contribution in [3.05, 3.63) is 95.6 Å². The van der Waals surface area contributed by atoms with Gasteiger partial charge in [-0.05, 0) is 53.6 Å². The normalized spacial score (nSPS) is 15.8. The fourth-order valence-electron chi connectivity index (χ4n) is 5.88. The Labute approximate surface area is 240 Å². The Hall–Kier alpha value is -4.17. The van der Waals surface area contributed by atoms with E-state index in [9.17, 15) is 19.5 Å². The Morgan fingerprint density at radius 3 is 2.12 bits per heavy atom. The van der Waals surface area contributed by atoms with Crippen LogP contribution in [0.5, 0.6) is 0 Å². The smallest absolute Gasteiger partial charge is 0.407 e. The van der Waals surface area contributed by atoms with E-state index in [1.165, 1.54) is 0 Å². The van der Waals surface area contributed by atoms with Crippen LogP contribution in [0.15, 0.2) is 78.9 Å². The van der Waals surface area contributed by atoms with Crippen LogP contribution in [0.25, 0.3) is 11.1 Å². The molecular weight excluding hydrogens is 518 g/mol. The maximum atomic E-state index is 13.3. The van der Waals surface area contributed by atoms with E-state index in [2.05, 4.69) is 34.9 Å². The number of likely N-dealkylation sites (N-methyl/N-ethyl adjacent to an activating group) is 1. The number of hydrogen-bond donors (Lipinski definition) is 3. The van der Waals surface area contributed by atoms with Crippen LogP contribution >= 0.6 is 0 Å². The first-order valence-electron chi connectivity index (χ1n) is 14.2. The molecule has 214 valence electrons. The van der Waals surface area contributed by atoms with E-state index < -0.39 is 29.9 Å². The largest absolute Gasteiger partial charge is 0.481 e. The third kappa shape index (κ3) is 6.77. The first-order valence-corrected chi connectivity index (χ1v) is 14.2. The molecule has 0 heterocycles. The van der Waals surface area contributed by atoms with Crippen molar-refractivity contribution >= 4 is 18.0 Å². The van der Waals surface area contributed by atoms with Gasteiger partial charge in [0.2, 0.25) is 5.91 Å². The summed E-state index contributed by atoms with van der Waals surface area (Å²) in [7, 11) is 1.88. The number of alkyl carbamates (subject to hydrolysis) is 1. The molecule has 0 spiro atoms. The zero-order valence-corrected chi connectivity index (χ0v) is 23.3. The van der Waals surface area contributed by atoms with Crippen LogP contribution in [0.4, 0.5) is 4.79 Å². The van der Waals surface area contributed by atoms with Crippen LogP contribution in [0, 0.1) is 11.8 Å². The van der Waals surface area contributed by atoms with Gasteiger partial charge in [0, 0.05) is 25.6 Å². The lowest BCUT2D eigenvalue weighted by atomic mass is 9.76. The molecule has 0 aromatic heterocycles. The molecule has 2 amide bonds. The van der Waals surface area contributed by atoms with Gasteiger partial charge >= 0.3 is 12.1 Å². The van der Waals surface area contributed by atoms with E-state index in [0.29, 0.717) is 6.54 Å². The van der Waals surface area contributed by atoms with Crippen molar-refractivity contribution in [2.24, 2.45) is 11.8 Å². The first-order chi connectivity index (χ1) is 19.9. The molecule has 2 unspecified atom stereocenters. The van der Waals surface area contributed by atoms with Crippen LogP contribution in [0.3, 0.4) is 0 Å². The number of benzene rings is 3. The van der Waals surface area contributed by atoms with Crippen molar-refractivity contribution in [3.8, 4) is 11.1 Å². The molecule has 1 fully saturated rings. The highest BCUT2D eigenvalue weighted by atomic mass is 16.5. The molecule has 0 saturated heterocycles. The number of hydrogen-bond acceptors (Lipinski definition) is 5. The Bertz CT molecular complexity index is 1330. The highest BCUT2D eigenvalue weighted by Gasteiger charge is 2.34. The number of carbonyl (C=O) groups excluding carboxylic acids is 2. The molecule has 5 rings (SSSR count). The standard InChI is InChI=1S/C33H37N3O5/c1-36(19-22-10-3-2-4-11-22)20-30(31(37)34-18-28(32(38)39)23-12-9-13-23)35-33(40)41-21-29-26-16-7-5-14-24(26)25-15-6-8-17-27(25)29/h2-8,10-11,14-17,23,28-30H,9,12-13,18-21H2,1H3,(H,34,37)(H,35,40)(H,38,39). The minimum atomic E-state index is -0.921. The zero-order chi connectivity index (χ0) is 28.8. The van der Waals surface area contributed by atoms with Gasteiger partial charge in [-0.25, -0.2) is 4.79 Å². The van der Waals surface area contributed by atoms with Gasteiger partial charge < -0.3 is 20.5 Å².